The van der Waals surface area contributed by atoms with E-state index in [9.17, 15) is 13.2 Å². The zero-order valence-electron chi connectivity index (χ0n) is 11.7. The molecular formula is C13H17NO6S. The maximum Gasteiger partial charge on any atom is 0.407 e. The number of benzene rings is 1. The normalized spacial score (nSPS) is 22.5. The molecule has 0 bridgehead atoms. The summed E-state index contributed by atoms with van der Waals surface area (Å²) in [6.45, 7) is 1.89. The van der Waals surface area contributed by atoms with Crippen molar-refractivity contribution in [2.24, 2.45) is 0 Å². The summed E-state index contributed by atoms with van der Waals surface area (Å²) in [7, 11) is -2.56. The summed E-state index contributed by atoms with van der Waals surface area (Å²) in [6.07, 6.45) is -2.59. The average molecular weight is 315 g/mol. The third-order valence-corrected chi connectivity index (χ3v) is 4.70. The van der Waals surface area contributed by atoms with Crippen LogP contribution in [-0.4, -0.2) is 56.9 Å². The number of hydrogen-bond donors (Lipinski definition) is 1. The van der Waals surface area contributed by atoms with Gasteiger partial charge in [-0.25, -0.2) is 4.79 Å². The molecule has 1 N–H and O–H groups in total. The largest absolute Gasteiger partial charge is 0.465 e. The van der Waals surface area contributed by atoms with Crippen LogP contribution in [0.15, 0.2) is 29.2 Å². The highest BCUT2D eigenvalue weighted by Crippen LogP contribution is 2.22. The van der Waals surface area contributed by atoms with Crippen LogP contribution < -0.4 is 0 Å². The zero-order chi connectivity index (χ0) is 15.6. The SMILES string of the molecule is CO[C@H]1CN(C(=O)O)C[C@@H]1OS(=O)(=O)c1ccc(C)cc1. The van der Waals surface area contributed by atoms with Crippen molar-refractivity contribution in [1.82, 2.24) is 4.90 Å². The highest BCUT2D eigenvalue weighted by molar-refractivity contribution is 7.86. The molecule has 116 valence electrons. The van der Waals surface area contributed by atoms with E-state index in [1.54, 1.807) is 12.1 Å². The van der Waals surface area contributed by atoms with Gasteiger partial charge in [0.1, 0.15) is 12.2 Å². The number of carbonyl (C=O) groups is 1. The van der Waals surface area contributed by atoms with Crippen LogP contribution in [-0.2, 0) is 19.0 Å². The molecule has 7 nitrogen and oxygen atoms in total. The van der Waals surface area contributed by atoms with Crippen molar-refractivity contribution >= 4 is 16.2 Å². The van der Waals surface area contributed by atoms with Gasteiger partial charge in [0.25, 0.3) is 10.1 Å². The van der Waals surface area contributed by atoms with E-state index in [2.05, 4.69) is 0 Å². The van der Waals surface area contributed by atoms with E-state index >= 15 is 0 Å². The average Bonchev–Trinajstić information content (AvgIpc) is 2.81. The van der Waals surface area contributed by atoms with Crippen LogP contribution in [0.5, 0.6) is 0 Å². The van der Waals surface area contributed by atoms with Gasteiger partial charge in [-0.1, -0.05) is 17.7 Å². The maximum atomic E-state index is 12.2. The molecule has 0 unspecified atom stereocenters. The molecule has 1 fully saturated rings. The van der Waals surface area contributed by atoms with Crippen LogP contribution >= 0.6 is 0 Å². The van der Waals surface area contributed by atoms with Crippen LogP contribution in [0.4, 0.5) is 4.79 Å². The first-order chi connectivity index (χ1) is 9.83. The van der Waals surface area contributed by atoms with Crippen LogP contribution in [0.3, 0.4) is 0 Å². The maximum absolute atomic E-state index is 12.2. The van der Waals surface area contributed by atoms with E-state index < -0.39 is 28.4 Å². The van der Waals surface area contributed by atoms with Gasteiger partial charge in [0.2, 0.25) is 0 Å². The molecule has 1 aromatic rings. The molecule has 0 radical (unpaired) electrons. The number of methoxy groups -OCH3 is 1. The molecule has 2 atom stereocenters. The van der Waals surface area contributed by atoms with Gasteiger partial charge in [-0.05, 0) is 19.1 Å². The minimum absolute atomic E-state index is 0.0386. The van der Waals surface area contributed by atoms with E-state index in [0.717, 1.165) is 10.5 Å². The molecule has 1 heterocycles. The van der Waals surface area contributed by atoms with Gasteiger partial charge in [0.15, 0.2) is 0 Å². The number of hydrogen-bond acceptors (Lipinski definition) is 5. The Hall–Kier alpha value is -1.64. The molecule has 8 heteroatoms. The fourth-order valence-corrected chi connectivity index (χ4v) is 3.23. The molecular weight excluding hydrogens is 298 g/mol. The first-order valence-corrected chi connectivity index (χ1v) is 7.75. The van der Waals surface area contributed by atoms with Gasteiger partial charge in [-0.15, -0.1) is 0 Å². The Morgan fingerprint density at radius 2 is 1.81 bits per heavy atom. The Morgan fingerprint density at radius 3 is 2.33 bits per heavy atom. The predicted octanol–water partition coefficient (Wildman–Crippen LogP) is 1.08. The lowest BCUT2D eigenvalue weighted by Crippen LogP contribution is -2.31. The van der Waals surface area contributed by atoms with Gasteiger partial charge in [-0.2, -0.15) is 8.42 Å². The summed E-state index contributed by atoms with van der Waals surface area (Å²) in [5.74, 6) is 0. The van der Waals surface area contributed by atoms with E-state index in [1.165, 1.54) is 19.2 Å². The summed E-state index contributed by atoms with van der Waals surface area (Å²) >= 11 is 0. The lowest BCUT2D eigenvalue weighted by atomic mass is 10.2. The number of amides is 1. The van der Waals surface area contributed by atoms with Crippen LogP contribution in [0.1, 0.15) is 5.56 Å². The van der Waals surface area contributed by atoms with Gasteiger partial charge >= 0.3 is 6.09 Å². The first kappa shape index (κ1) is 15.7. The summed E-state index contributed by atoms with van der Waals surface area (Å²) in [4.78, 5) is 12.1. The van der Waals surface area contributed by atoms with Gasteiger partial charge in [-0.3, -0.25) is 4.18 Å². The number of ether oxygens (including phenoxy) is 1. The van der Waals surface area contributed by atoms with Crippen molar-refractivity contribution in [3.05, 3.63) is 29.8 Å². The van der Waals surface area contributed by atoms with Gasteiger partial charge in [0, 0.05) is 7.11 Å². The van der Waals surface area contributed by atoms with Crippen LogP contribution in [0.2, 0.25) is 0 Å². The molecule has 1 saturated heterocycles. The molecule has 1 aromatic carbocycles. The lowest BCUT2D eigenvalue weighted by Gasteiger charge is -2.16. The highest BCUT2D eigenvalue weighted by atomic mass is 32.2. The molecule has 1 amide bonds. The Balaban J connectivity index is 2.16. The minimum atomic E-state index is -3.95. The summed E-state index contributed by atoms with van der Waals surface area (Å²) in [5.41, 5.74) is 0.932. The fourth-order valence-electron chi connectivity index (χ4n) is 2.14. The highest BCUT2D eigenvalue weighted by Gasteiger charge is 2.39. The first-order valence-electron chi connectivity index (χ1n) is 6.34. The fraction of sp³-hybridized carbons (Fsp3) is 0.462. The molecule has 21 heavy (non-hydrogen) atoms. The lowest BCUT2D eigenvalue weighted by molar-refractivity contribution is 0.0371. The number of nitrogens with zero attached hydrogens (tertiary/aromatic N) is 1. The summed E-state index contributed by atoms with van der Waals surface area (Å²) in [5, 5.41) is 8.96. The second-order valence-electron chi connectivity index (χ2n) is 4.86. The predicted molar refractivity (Wildman–Crippen MR) is 73.6 cm³/mol. The Labute approximate surface area is 123 Å². The third-order valence-electron chi connectivity index (χ3n) is 3.35. The second kappa shape index (κ2) is 6.00. The number of likely N-dealkylation sites (tertiary alicyclic amines) is 1. The molecule has 1 aliphatic rings. The molecule has 1 aliphatic heterocycles. The van der Waals surface area contributed by atoms with E-state index in [-0.39, 0.29) is 18.0 Å². The van der Waals surface area contributed by atoms with Crippen molar-refractivity contribution in [2.45, 2.75) is 24.0 Å². The second-order valence-corrected chi connectivity index (χ2v) is 6.44. The Kier molecular flexibility index (Phi) is 4.50. The van der Waals surface area contributed by atoms with Crippen molar-refractivity contribution in [3.8, 4) is 0 Å². The number of rotatable bonds is 4. The Bertz CT molecular complexity index is 612. The minimum Gasteiger partial charge on any atom is -0.465 e. The van der Waals surface area contributed by atoms with E-state index in [0.29, 0.717) is 0 Å². The third kappa shape index (κ3) is 3.52. The smallest absolute Gasteiger partial charge is 0.407 e. The van der Waals surface area contributed by atoms with E-state index in [1.807, 2.05) is 6.92 Å². The van der Waals surface area contributed by atoms with E-state index in [4.69, 9.17) is 14.0 Å². The van der Waals surface area contributed by atoms with Crippen molar-refractivity contribution in [2.75, 3.05) is 20.2 Å². The quantitative estimate of drug-likeness (QED) is 0.836. The van der Waals surface area contributed by atoms with Crippen LogP contribution in [0.25, 0.3) is 0 Å². The standard InChI is InChI=1S/C13H17NO6S/c1-9-3-5-10(6-4-9)21(17,18)20-12-8-14(13(15)16)7-11(12)19-2/h3-6,11-12H,7-8H2,1-2H3,(H,15,16)/t11-,12-/m0/s1. The molecule has 0 saturated carbocycles. The van der Waals surface area contributed by atoms with Crippen molar-refractivity contribution in [1.29, 1.82) is 0 Å². The van der Waals surface area contributed by atoms with Gasteiger partial charge < -0.3 is 14.7 Å². The monoisotopic (exact) mass is 315 g/mol. The molecule has 2 rings (SSSR count). The number of carboxylic acid groups (broad SMARTS) is 1. The van der Waals surface area contributed by atoms with Crippen molar-refractivity contribution < 1.29 is 27.2 Å². The van der Waals surface area contributed by atoms with Crippen LogP contribution in [0, 0.1) is 6.92 Å². The topological polar surface area (TPSA) is 93.1 Å². The molecule has 0 aromatic heterocycles. The number of aryl methyl sites for hydroxylation is 1. The summed E-state index contributed by atoms with van der Waals surface area (Å²) in [6, 6.07) is 6.25. The molecule has 0 spiro atoms. The summed E-state index contributed by atoms with van der Waals surface area (Å²) < 4.78 is 34.6. The Morgan fingerprint density at radius 1 is 1.24 bits per heavy atom. The van der Waals surface area contributed by atoms with Crippen molar-refractivity contribution in [3.63, 3.8) is 0 Å². The van der Waals surface area contributed by atoms with Gasteiger partial charge in [0.05, 0.1) is 18.0 Å². The zero-order valence-corrected chi connectivity index (χ0v) is 12.5. The molecule has 0 aliphatic carbocycles.